The molecule has 0 amide bonds. The first-order valence-electron chi connectivity index (χ1n) is 5.29. The van der Waals surface area contributed by atoms with Crippen molar-refractivity contribution in [3.8, 4) is 11.8 Å². The Bertz CT molecular complexity index is 413. The third kappa shape index (κ3) is 6.11. The molecule has 0 atom stereocenters. The highest BCUT2D eigenvalue weighted by atomic mass is 19.4. The van der Waals surface area contributed by atoms with E-state index in [1.165, 1.54) is 0 Å². The number of halogens is 3. The van der Waals surface area contributed by atoms with E-state index in [1.54, 1.807) is 24.3 Å². The highest BCUT2D eigenvalue weighted by Gasteiger charge is 2.27. The lowest BCUT2D eigenvalue weighted by Gasteiger charge is -2.08. The summed E-state index contributed by atoms with van der Waals surface area (Å²) < 4.78 is 44.9. The van der Waals surface area contributed by atoms with E-state index < -0.39 is 12.8 Å². The van der Waals surface area contributed by atoms with Crippen LogP contribution < -0.4 is 4.74 Å². The standard InChI is InChI=1S/C12H12F3NO2/c13-12(14,15)9-17-5-2-6-18-11-4-1-3-10(7-11)8-16/h1,3-4,7H,2,5-6,9H2. The molecule has 0 aliphatic rings. The second-order valence-electron chi connectivity index (χ2n) is 3.51. The summed E-state index contributed by atoms with van der Waals surface area (Å²) >= 11 is 0. The van der Waals surface area contributed by atoms with Gasteiger partial charge in [0.1, 0.15) is 12.4 Å². The monoisotopic (exact) mass is 259 g/mol. The van der Waals surface area contributed by atoms with Gasteiger partial charge in [-0.3, -0.25) is 0 Å². The fraction of sp³-hybridized carbons (Fsp3) is 0.417. The highest BCUT2D eigenvalue weighted by Crippen LogP contribution is 2.15. The van der Waals surface area contributed by atoms with Crippen LogP contribution in [0.3, 0.4) is 0 Å². The maximum atomic E-state index is 11.7. The third-order valence-electron chi connectivity index (χ3n) is 1.93. The van der Waals surface area contributed by atoms with E-state index in [4.69, 9.17) is 10.00 Å². The van der Waals surface area contributed by atoms with Gasteiger partial charge in [-0.25, -0.2) is 0 Å². The Morgan fingerprint density at radius 1 is 1.22 bits per heavy atom. The number of nitriles is 1. The number of hydrogen-bond acceptors (Lipinski definition) is 3. The Kier molecular flexibility index (Phi) is 5.46. The highest BCUT2D eigenvalue weighted by molar-refractivity contribution is 5.36. The Balaban J connectivity index is 2.16. The molecule has 1 aromatic rings. The first-order valence-corrected chi connectivity index (χ1v) is 5.29. The lowest BCUT2D eigenvalue weighted by molar-refractivity contribution is -0.174. The number of benzene rings is 1. The van der Waals surface area contributed by atoms with Crippen LogP contribution in [0.15, 0.2) is 24.3 Å². The molecule has 98 valence electrons. The topological polar surface area (TPSA) is 42.2 Å². The molecular weight excluding hydrogens is 247 g/mol. The first kappa shape index (κ1) is 14.3. The van der Waals surface area contributed by atoms with E-state index in [0.717, 1.165) is 0 Å². The zero-order valence-corrected chi connectivity index (χ0v) is 9.54. The molecule has 0 bridgehead atoms. The van der Waals surface area contributed by atoms with Crippen LogP contribution in [0.1, 0.15) is 12.0 Å². The van der Waals surface area contributed by atoms with Crippen molar-refractivity contribution in [2.45, 2.75) is 12.6 Å². The molecule has 0 saturated heterocycles. The van der Waals surface area contributed by atoms with Crippen LogP contribution in [0, 0.1) is 11.3 Å². The van der Waals surface area contributed by atoms with Crippen LogP contribution in [0.5, 0.6) is 5.75 Å². The van der Waals surface area contributed by atoms with Crippen molar-refractivity contribution in [2.24, 2.45) is 0 Å². The molecule has 0 N–H and O–H groups in total. The van der Waals surface area contributed by atoms with Crippen LogP contribution in [0.25, 0.3) is 0 Å². The minimum absolute atomic E-state index is 0.0164. The van der Waals surface area contributed by atoms with Crippen molar-refractivity contribution in [3.63, 3.8) is 0 Å². The second kappa shape index (κ2) is 6.87. The van der Waals surface area contributed by atoms with Gasteiger partial charge >= 0.3 is 6.18 Å². The van der Waals surface area contributed by atoms with E-state index in [0.29, 0.717) is 17.7 Å². The summed E-state index contributed by atoms with van der Waals surface area (Å²) in [5, 5.41) is 8.65. The first-order chi connectivity index (χ1) is 8.51. The lowest BCUT2D eigenvalue weighted by Crippen LogP contribution is -2.18. The Morgan fingerprint density at radius 2 is 2.00 bits per heavy atom. The average Bonchev–Trinajstić information content (AvgIpc) is 2.32. The SMILES string of the molecule is N#Cc1cccc(OCCCOCC(F)(F)F)c1. The summed E-state index contributed by atoms with van der Waals surface area (Å²) in [6.07, 6.45) is -3.94. The van der Waals surface area contributed by atoms with E-state index in [9.17, 15) is 13.2 Å². The van der Waals surface area contributed by atoms with Crippen LogP contribution in [0.4, 0.5) is 13.2 Å². The summed E-state index contributed by atoms with van der Waals surface area (Å²) in [7, 11) is 0. The van der Waals surface area contributed by atoms with Crippen LogP contribution in [0.2, 0.25) is 0 Å². The maximum Gasteiger partial charge on any atom is 0.411 e. The molecule has 6 heteroatoms. The quantitative estimate of drug-likeness (QED) is 0.738. The molecule has 1 aromatic carbocycles. The fourth-order valence-electron chi connectivity index (χ4n) is 1.19. The number of hydrogen-bond donors (Lipinski definition) is 0. The Hall–Kier alpha value is -1.74. The van der Waals surface area contributed by atoms with Gasteiger partial charge in [0.2, 0.25) is 0 Å². The molecule has 18 heavy (non-hydrogen) atoms. The number of ether oxygens (including phenoxy) is 2. The van der Waals surface area contributed by atoms with Gasteiger partial charge in [0.15, 0.2) is 0 Å². The molecule has 0 radical (unpaired) electrons. The molecule has 0 heterocycles. The van der Waals surface area contributed by atoms with Gasteiger partial charge in [0.25, 0.3) is 0 Å². The predicted octanol–water partition coefficient (Wildman–Crippen LogP) is 2.91. The van der Waals surface area contributed by atoms with Crippen LogP contribution in [-0.2, 0) is 4.74 Å². The minimum atomic E-state index is -4.29. The van der Waals surface area contributed by atoms with Gasteiger partial charge in [-0.15, -0.1) is 0 Å². The molecule has 0 aromatic heterocycles. The van der Waals surface area contributed by atoms with Crippen molar-refractivity contribution in [2.75, 3.05) is 19.8 Å². The normalized spacial score (nSPS) is 11.0. The molecular formula is C12H12F3NO2. The Morgan fingerprint density at radius 3 is 2.67 bits per heavy atom. The largest absolute Gasteiger partial charge is 0.493 e. The van der Waals surface area contributed by atoms with E-state index in [2.05, 4.69) is 4.74 Å². The summed E-state index contributed by atoms with van der Waals surface area (Å²) in [4.78, 5) is 0. The summed E-state index contributed by atoms with van der Waals surface area (Å²) in [6, 6.07) is 8.52. The lowest BCUT2D eigenvalue weighted by atomic mass is 10.2. The molecule has 0 aliphatic carbocycles. The van der Waals surface area contributed by atoms with Crippen LogP contribution in [-0.4, -0.2) is 26.0 Å². The average molecular weight is 259 g/mol. The van der Waals surface area contributed by atoms with Crippen molar-refractivity contribution >= 4 is 0 Å². The Labute approximate surface area is 103 Å². The molecule has 0 aliphatic heterocycles. The van der Waals surface area contributed by atoms with Gasteiger partial charge in [0.05, 0.1) is 24.8 Å². The van der Waals surface area contributed by atoms with Crippen molar-refractivity contribution in [1.29, 1.82) is 5.26 Å². The van der Waals surface area contributed by atoms with E-state index >= 15 is 0 Å². The fourth-order valence-corrected chi connectivity index (χ4v) is 1.19. The second-order valence-corrected chi connectivity index (χ2v) is 3.51. The van der Waals surface area contributed by atoms with E-state index in [-0.39, 0.29) is 13.2 Å². The summed E-state index contributed by atoms with van der Waals surface area (Å²) in [5.74, 6) is 0.518. The smallest absolute Gasteiger partial charge is 0.411 e. The molecule has 1 rings (SSSR count). The van der Waals surface area contributed by atoms with Crippen molar-refractivity contribution in [1.82, 2.24) is 0 Å². The molecule has 0 spiro atoms. The third-order valence-corrected chi connectivity index (χ3v) is 1.93. The van der Waals surface area contributed by atoms with Gasteiger partial charge in [-0.1, -0.05) is 6.07 Å². The van der Waals surface area contributed by atoms with Gasteiger partial charge in [-0.05, 0) is 18.2 Å². The molecule has 0 saturated carbocycles. The van der Waals surface area contributed by atoms with Gasteiger partial charge < -0.3 is 9.47 Å². The number of alkyl halides is 3. The minimum Gasteiger partial charge on any atom is -0.493 e. The number of rotatable bonds is 6. The van der Waals surface area contributed by atoms with Crippen LogP contribution >= 0.6 is 0 Å². The summed E-state index contributed by atoms with van der Waals surface area (Å²) in [5.41, 5.74) is 0.473. The zero-order chi connectivity index (χ0) is 13.4. The zero-order valence-electron chi connectivity index (χ0n) is 9.54. The summed E-state index contributed by atoms with van der Waals surface area (Å²) in [6.45, 7) is -1.01. The molecule has 0 fully saturated rings. The van der Waals surface area contributed by atoms with Crippen molar-refractivity contribution < 1.29 is 22.6 Å². The van der Waals surface area contributed by atoms with E-state index in [1.807, 2.05) is 6.07 Å². The maximum absolute atomic E-state index is 11.7. The molecule has 3 nitrogen and oxygen atoms in total. The molecule has 0 unspecified atom stereocenters. The predicted molar refractivity (Wildman–Crippen MR) is 58.1 cm³/mol. The number of nitrogens with zero attached hydrogens (tertiary/aromatic N) is 1. The van der Waals surface area contributed by atoms with Gasteiger partial charge in [-0.2, -0.15) is 18.4 Å². The van der Waals surface area contributed by atoms with Gasteiger partial charge in [0, 0.05) is 6.42 Å². The van der Waals surface area contributed by atoms with Crippen molar-refractivity contribution in [3.05, 3.63) is 29.8 Å².